The maximum absolute atomic E-state index is 11.4. The molecule has 0 aromatic heterocycles. The molecule has 5 N–H and O–H groups in total. The molecule has 6 rings (SSSR count). The second-order valence-electron chi connectivity index (χ2n) is 9.76. The van der Waals surface area contributed by atoms with Gasteiger partial charge in [0.2, 0.25) is 6.29 Å². The van der Waals surface area contributed by atoms with Gasteiger partial charge in [0.1, 0.15) is 30.5 Å². The molecule has 3 heterocycles. The van der Waals surface area contributed by atoms with Gasteiger partial charge in [-0.05, 0) is 38.1 Å². The van der Waals surface area contributed by atoms with Crippen LogP contribution in [0, 0.1) is 5.92 Å². The van der Waals surface area contributed by atoms with E-state index in [1.807, 2.05) is 6.07 Å². The van der Waals surface area contributed by atoms with Gasteiger partial charge in [-0.1, -0.05) is 18.2 Å². The number of hydrogen-bond donors (Lipinski definition) is 5. The monoisotopic (exact) mass is 461 g/mol. The fraction of sp³-hybridized carbons (Fsp3) is 0.609. The van der Waals surface area contributed by atoms with Gasteiger partial charge in [0.25, 0.3) is 0 Å². The topological polar surface area (TPSA) is 149 Å². The summed E-state index contributed by atoms with van der Waals surface area (Å²) in [6.07, 6.45) is -4.29. The number of rotatable bonds is 3. The SMILES string of the molecule is CN1CC[C@]23c4c5ccc(OC6O[C@H](C(=O)O)[C@@H](O)[C@H](O)[C@H]6O)c4O[C@H]2[C@@H](O)C=C[C@H]3[C@H]1C5. The number of benzene rings is 1. The molecular weight excluding hydrogens is 434 g/mol. The molecule has 33 heavy (non-hydrogen) atoms. The van der Waals surface area contributed by atoms with Crippen molar-refractivity contribution in [3.8, 4) is 11.5 Å². The fourth-order valence-electron chi connectivity index (χ4n) is 6.60. The lowest BCUT2D eigenvalue weighted by molar-refractivity contribution is -0.271. The second kappa shape index (κ2) is 7.14. The molecule has 1 aromatic carbocycles. The van der Waals surface area contributed by atoms with E-state index in [9.17, 15) is 30.3 Å². The minimum atomic E-state index is -1.80. The number of carbonyl (C=O) groups is 1. The Morgan fingerprint density at radius 3 is 2.70 bits per heavy atom. The summed E-state index contributed by atoms with van der Waals surface area (Å²) in [7, 11) is 2.12. The number of likely N-dealkylation sites (N-methyl/N-ethyl adjacent to an activating group) is 1. The van der Waals surface area contributed by atoms with Crippen molar-refractivity contribution in [2.24, 2.45) is 5.92 Å². The molecule has 10 atom stereocenters. The van der Waals surface area contributed by atoms with Crippen molar-refractivity contribution in [3.63, 3.8) is 0 Å². The van der Waals surface area contributed by atoms with E-state index in [2.05, 4.69) is 18.0 Å². The zero-order chi connectivity index (χ0) is 23.2. The lowest BCUT2D eigenvalue weighted by atomic mass is 9.53. The summed E-state index contributed by atoms with van der Waals surface area (Å²) in [5.74, 6) is -0.625. The van der Waals surface area contributed by atoms with E-state index >= 15 is 0 Å². The molecule has 10 nitrogen and oxygen atoms in total. The van der Waals surface area contributed by atoms with Gasteiger partial charge in [0.05, 0.1) is 0 Å². The Labute approximate surface area is 189 Å². The maximum Gasteiger partial charge on any atom is 0.335 e. The molecule has 1 spiro atoms. The number of hydrogen-bond acceptors (Lipinski definition) is 9. The molecule has 0 radical (unpaired) electrons. The molecule has 2 fully saturated rings. The molecular formula is C23H27NO9. The molecule has 2 aliphatic carbocycles. The van der Waals surface area contributed by atoms with Crippen molar-refractivity contribution in [2.75, 3.05) is 13.6 Å². The third-order valence-electron chi connectivity index (χ3n) is 8.19. The van der Waals surface area contributed by atoms with Crippen LogP contribution >= 0.6 is 0 Å². The van der Waals surface area contributed by atoms with Gasteiger partial charge in [-0.3, -0.25) is 0 Å². The average Bonchev–Trinajstić information content (AvgIpc) is 3.14. The van der Waals surface area contributed by atoms with E-state index in [4.69, 9.17) is 14.2 Å². The van der Waals surface area contributed by atoms with Crippen LogP contribution in [0.25, 0.3) is 0 Å². The molecule has 0 saturated carbocycles. The summed E-state index contributed by atoms with van der Waals surface area (Å²) in [5, 5.41) is 50.6. The van der Waals surface area contributed by atoms with E-state index < -0.39 is 54.3 Å². The first kappa shape index (κ1) is 21.3. The van der Waals surface area contributed by atoms with Crippen molar-refractivity contribution in [3.05, 3.63) is 35.4 Å². The highest BCUT2D eigenvalue weighted by molar-refractivity contribution is 5.73. The molecule has 0 amide bonds. The first-order chi connectivity index (χ1) is 15.7. The van der Waals surface area contributed by atoms with Crippen molar-refractivity contribution < 1.29 is 44.5 Å². The smallest absolute Gasteiger partial charge is 0.335 e. The number of likely N-dealkylation sites (tertiary alicyclic amines) is 1. The van der Waals surface area contributed by atoms with E-state index in [0.717, 1.165) is 30.5 Å². The summed E-state index contributed by atoms with van der Waals surface area (Å²) in [6, 6.07) is 3.90. The Hall–Kier alpha value is -2.21. The molecule has 3 aliphatic heterocycles. The summed E-state index contributed by atoms with van der Waals surface area (Å²) in [6.45, 7) is 0.861. The highest BCUT2D eigenvalue weighted by Crippen LogP contribution is 2.62. The van der Waals surface area contributed by atoms with Crippen molar-refractivity contribution in [1.29, 1.82) is 0 Å². The van der Waals surface area contributed by atoms with Gasteiger partial charge in [-0.2, -0.15) is 0 Å². The van der Waals surface area contributed by atoms with Gasteiger partial charge in [0.15, 0.2) is 17.6 Å². The van der Waals surface area contributed by atoms with Gasteiger partial charge in [0, 0.05) is 22.9 Å². The normalized spacial score (nSPS) is 45.3. The summed E-state index contributed by atoms with van der Waals surface area (Å²) in [5.41, 5.74) is 1.70. The fourth-order valence-corrected chi connectivity index (χ4v) is 6.60. The summed E-state index contributed by atoms with van der Waals surface area (Å²) in [4.78, 5) is 13.8. The Balaban J connectivity index is 1.41. The number of piperidine rings is 1. The van der Waals surface area contributed by atoms with E-state index in [1.165, 1.54) is 0 Å². The summed E-state index contributed by atoms with van der Waals surface area (Å²) < 4.78 is 17.5. The zero-order valence-corrected chi connectivity index (χ0v) is 17.9. The van der Waals surface area contributed by atoms with Crippen molar-refractivity contribution in [2.45, 2.75) is 67.2 Å². The minimum Gasteiger partial charge on any atom is -0.482 e. The minimum absolute atomic E-state index is 0.165. The standard InChI is InChI=1S/C23H27NO9/c1-24-7-6-23-10-3-4-12(25)20(23)32-18-13(5-2-9(14(18)23)8-11(10)24)31-22-17(28)15(26)16(27)19(33-22)21(29)30/h2-5,10-12,15-17,19-20,22,25-28H,6-8H2,1H3,(H,29,30)/t10-,11+,12-,15-,16-,17+,19-,20-,22?,23-/m0/s1. The van der Waals surface area contributed by atoms with Gasteiger partial charge < -0.3 is 44.6 Å². The third kappa shape index (κ3) is 2.73. The number of carboxylic acids is 1. The highest BCUT2D eigenvalue weighted by Gasteiger charge is 2.64. The lowest BCUT2D eigenvalue weighted by Gasteiger charge is -2.56. The van der Waals surface area contributed by atoms with Crippen molar-refractivity contribution >= 4 is 5.97 Å². The Morgan fingerprint density at radius 1 is 1.15 bits per heavy atom. The van der Waals surface area contributed by atoms with Crippen LogP contribution in [0.15, 0.2) is 24.3 Å². The largest absolute Gasteiger partial charge is 0.482 e. The van der Waals surface area contributed by atoms with E-state index in [1.54, 1.807) is 12.1 Å². The number of carboxylic acid groups (broad SMARTS) is 1. The van der Waals surface area contributed by atoms with Gasteiger partial charge >= 0.3 is 5.97 Å². The predicted molar refractivity (Wildman–Crippen MR) is 111 cm³/mol. The van der Waals surface area contributed by atoms with Crippen LogP contribution in [-0.2, 0) is 21.4 Å². The number of nitrogens with zero attached hydrogens (tertiary/aromatic N) is 1. The molecule has 2 bridgehead atoms. The van der Waals surface area contributed by atoms with Crippen LogP contribution < -0.4 is 9.47 Å². The van der Waals surface area contributed by atoms with Crippen LogP contribution in [0.5, 0.6) is 11.5 Å². The van der Waals surface area contributed by atoms with Gasteiger partial charge in [-0.15, -0.1) is 0 Å². The molecule has 5 aliphatic rings. The average molecular weight is 461 g/mol. The van der Waals surface area contributed by atoms with Crippen molar-refractivity contribution in [1.82, 2.24) is 4.90 Å². The Bertz CT molecular complexity index is 1030. The Kier molecular flexibility index (Phi) is 4.62. The van der Waals surface area contributed by atoms with Crippen LogP contribution in [-0.4, -0.2) is 98.9 Å². The van der Waals surface area contributed by atoms with Crippen LogP contribution in [0.2, 0.25) is 0 Å². The quantitative estimate of drug-likeness (QED) is 0.346. The first-order valence-electron chi connectivity index (χ1n) is 11.2. The van der Waals surface area contributed by atoms with E-state index in [-0.39, 0.29) is 17.7 Å². The first-order valence-corrected chi connectivity index (χ1v) is 11.2. The van der Waals surface area contributed by atoms with Crippen LogP contribution in [0.3, 0.4) is 0 Å². The molecule has 178 valence electrons. The number of ether oxygens (including phenoxy) is 3. The highest BCUT2D eigenvalue weighted by atomic mass is 16.7. The number of aliphatic hydroxyl groups excluding tert-OH is 4. The van der Waals surface area contributed by atoms with Crippen LogP contribution in [0.1, 0.15) is 17.5 Å². The lowest BCUT2D eigenvalue weighted by Crippen LogP contribution is -2.64. The van der Waals surface area contributed by atoms with Crippen LogP contribution in [0.4, 0.5) is 0 Å². The predicted octanol–water partition coefficient (Wildman–Crippen LogP) is -1.24. The molecule has 1 aromatic rings. The summed E-state index contributed by atoms with van der Waals surface area (Å²) >= 11 is 0. The maximum atomic E-state index is 11.4. The zero-order valence-electron chi connectivity index (χ0n) is 17.9. The molecule has 2 saturated heterocycles. The molecule has 1 unspecified atom stereocenters. The van der Waals surface area contributed by atoms with E-state index in [0.29, 0.717) is 5.75 Å². The molecule has 10 heteroatoms. The van der Waals surface area contributed by atoms with Gasteiger partial charge in [-0.25, -0.2) is 4.79 Å². The number of aliphatic hydroxyl groups is 4. The second-order valence-corrected chi connectivity index (χ2v) is 9.76. The Morgan fingerprint density at radius 2 is 1.94 bits per heavy atom. The number of aliphatic carboxylic acids is 1. The third-order valence-corrected chi connectivity index (χ3v) is 8.19.